The number of ether oxygens (including phenoxy) is 1. The van der Waals surface area contributed by atoms with Crippen molar-refractivity contribution in [2.75, 3.05) is 50.8 Å². The molecule has 2 aromatic rings. The van der Waals surface area contributed by atoms with Crippen molar-refractivity contribution >= 4 is 39.0 Å². The van der Waals surface area contributed by atoms with E-state index in [-0.39, 0.29) is 11.8 Å². The van der Waals surface area contributed by atoms with Crippen LogP contribution >= 0.6 is 27.3 Å². The normalized spacial score (nSPS) is 22.4. The molecular weight excluding hydrogens is 502 g/mol. The summed E-state index contributed by atoms with van der Waals surface area (Å²) in [4.78, 5) is 28.3. The lowest BCUT2D eigenvalue weighted by atomic mass is 10.0. The van der Waals surface area contributed by atoms with E-state index < -0.39 is 0 Å². The second kappa shape index (κ2) is 10.4. The van der Waals surface area contributed by atoms with Crippen LogP contribution in [0, 0.1) is 0 Å². The lowest BCUT2D eigenvalue weighted by molar-refractivity contribution is -0.133. The molecule has 7 nitrogen and oxygen atoms in total. The van der Waals surface area contributed by atoms with Gasteiger partial charge in [0.2, 0.25) is 5.91 Å². The molecule has 0 aromatic carbocycles. The summed E-state index contributed by atoms with van der Waals surface area (Å²) in [5.74, 6) is 1.66. The van der Waals surface area contributed by atoms with E-state index in [4.69, 9.17) is 4.74 Å². The third-order valence-corrected chi connectivity index (χ3v) is 8.95. The second-order valence-electron chi connectivity index (χ2n) is 9.30. The second-order valence-corrected chi connectivity index (χ2v) is 11.8. The fourth-order valence-electron chi connectivity index (χ4n) is 5.25. The third kappa shape index (κ3) is 5.11. The number of hydrogen-bond donors (Lipinski definition) is 1. The summed E-state index contributed by atoms with van der Waals surface area (Å²) < 4.78 is 6.55. The van der Waals surface area contributed by atoms with Crippen molar-refractivity contribution in [3.8, 4) is 0 Å². The number of piperazine rings is 1. The summed E-state index contributed by atoms with van der Waals surface area (Å²) in [5, 5.41) is 3.65. The van der Waals surface area contributed by atoms with Crippen molar-refractivity contribution in [3.05, 3.63) is 38.4 Å². The number of carbonyl (C=O) groups is 1. The molecule has 1 unspecified atom stereocenters. The first-order chi connectivity index (χ1) is 16.1. The minimum absolute atomic E-state index is 0.154. The van der Waals surface area contributed by atoms with Crippen molar-refractivity contribution in [1.82, 2.24) is 20.2 Å². The van der Waals surface area contributed by atoms with Crippen LogP contribution in [-0.4, -0.2) is 72.8 Å². The van der Waals surface area contributed by atoms with Crippen LogP contribution in [0.1, 0.15) is 54.2 Å². The van der Waals surface area contributed by atoms with Crippen LogP contribution in [0.5, 0.6) is 0 Å². The Hall–Kier alpha value is -1.55. The average Bonchev–Trinajstić information content (AvgIpc) is 3.45. The first kappa shape index (κ1) is 23.2. The Morgan fingerprint density at radius 3 is 2.73 bits per heavy atom. The van der Waals surface area contributed by atoms with E-state index in [2.05, 4.69) is 49.1 Å². The summed E-state index contributed by atoms with van der Waals surface area (Å²) in [6, 6.07) is 4.56. The Morgan fingerprint density at radius 2 is 2.00 bits per heavy atom. The minimum Gasteiger partial charge on any atom is -0.381 e. The summed E-state index contributed by atoms with van der Waals surface area (Å²) in [7, 11) is 0. The summed E-state index contributed by atoms with van der Waals surface area (Å²) in [6.45, 7) is 7.63. The van der Waals surface area contributed by atoms with Gasteiger partial charge in [0.25, 0.3) is 0 Å². The highest BCUT2D eigenvalue weighted by atomic mass is 79.9. The molecule has 0 bridgehead atoms. The topological polar surface area (TPSA) is 70.6 Å². The molecule has 9 heteroatoms. The number of aryl methyl sites for hydroxylation is 1. The number of amides is 1. The maximum atomic E-state index is 13.7. The van der Waals surface area contributed by atoms with E-state index in [0.717, 1.165) is 79.6 Å². The predicted molar refractivity (Wildman–Crippen MR) is 134 cm³/mol. The van der Waals surface area contributed by atoms with Gasteiger partial charge in [0.15, 0.2) is 0 Å². The largest absolute Gasteiger partial charge is 0.381 e. The van der Waals surface area contributed by atoms with Gasteiger partial charge in [-0.05, 0) is 59.7 Å². The Labute approximate surface area is 208 Å². The zero-order chi connectivity index (χ0) is 22.8. The Kier molecular flexibility index (Phi) is 7.30. The molecule has 5 rings (SSSR count). The van der Waals surface area contributed by atoms with Gasteiger partial charge in [-0.25, -0.2) is 9.97 Å². The molecule has 1 aliphatic carbocycles. The average molecular weight is 535 g/mol. The quantitative estimate of drug-likeness (QED) is 0.612. The fraction of sp³-hybridized carbons (Fsp3) is 0.625. The van der Waals surface area contributed by atoms with Crippen LogP contribution < -0.4 is 10.2 Å². The Morgan fingerprint density at radius 1 is 1.21 bits per heavy atom. The molecule has 33 heavy (non-hydrogen) atoms. The van der Waals surface area contributed by atoms with Gasteiger partial charge in [-0.1, -0.05) is 6.92 Å². The summed E-state index contributed by atoms with van der Waals surface area (Å²) >= 11 is 5.24. The minimum atomic E-state index is -0.154. The molecule has 178 valence electrons. The number of anilines is 1. The van der Waals surface area contributed by atoms with Gasteiger partial charge in [-0.2, -0.15) is 0 Å². The van der Waals surface area contributed by atoms with Gasteiger partial charge in [-0.15, -0.1) is 11.3 Å². The Bertz CT molecular complexity index is 972. The number of hydrogen-bond acceptors (Lipinski definition) is 7. The number of halogens is 1. The molecule has 4 heterocycles. The summed E-state index contributed by atoms with van der Waals surface area (Å²) in [6.07, 6.45) is 5.92. The molecule has 0 radical (unpaired) electrons. The molecule has 0 spiro atoms. The zero-order valence-corrected chi connectivity index (χ0v) is 21.5. The fourth-order valence-corrected chi connectivity index (χ4v) is 6.76. The van der Waals surface area contributed by atoms with Crippen LogP contribution in [-0.2, 0) is 16.0 Å². The lowest BCUT2D eigenvalue weighted by Crippen LogP contribution is -2.51. The third-order valence-electron chi connectivity index (χ3n) is 7.21. The standard InChI is InChI=1S/C24H32BrN5O2S/c1-16-2-3-19-22(16)23(28-15-27-19)29-8-10-30(11-9-29)24(31)18(20-4-5-21(25)33-20)14-26-17-6-12-32-13-7-17/h4-5,15-18,26H,2-3,6-14H2,1H3/t16?,18-/m1/s1. The summed E-state index contributed by atoms with van der Waals surface area (Å²) in [5.41, 5.74) is 2.52. The molecule has 1 amide bonds. The molecule has 1 N–H and O–H groups in total. The van der Waals surface area contributed by atoms with Crippen molar-refractivity contribution in [3.63, 3.8) is 0 Å². The predicted octanol–water partition coefficient (Wildman–Crippen LogP) is 3.55. The molecule has 0 saturated carbocycles. The molecule has 2 fully saturated rings. The smallest absolute Gasteiger partial charge is 0.232 e. The highest BCUT2D eigenvalue weighted by Crippen LogP contribution is 2.37. The monoisotopic (exact) mass is 533 g/mol. The zero-order valence-electron chi connectivity index (χ0n) is 19.1. The number of carbonyl (C=O) groups excluding carboxylic acids is 1. The van der Waals surface area contributed by atoms with Gasteiger partial charge in [0.1, 0.15) is 12.1 Å². The van der Waals surface area contributed by atoms with Crippen LogP contribution in [0.3, 0.4) is 0 Å². The van der Waals surface area contributed by atoms with Crippen molar-refractivity contribution in [1.29, 1.82) is 0 Å². The number of nitrogens with one attached hydrogen (secondary N) is 1. The van der Waals surface area contributed by atoms with E-state index in [1.165, 1.54) is 11.3 Å². The van der Waals surface area contributed by atoms with Gasteiger partial charge in [-0.3, -0.25) is 4.79 Å². The van der Waals surface area contributed by atoms with Crippen molar-refractivity contribution in [2.45, 2.75) is 50.5 Å². The van der Waals surface area contributed by atoms with Crippen molar-refractivity contribution in [2.24, 2.45) is 0 Å². The van der Waals surface area contributed by atoms with Gasteiger partial charge < -0.3 is 19.9 Å². The van der Waals surface area contributed by atoms with E-state index in [1.807, 2.05) is 11.0 Å². The first-order valence-corrected chi connectivity index (χ1v) is 13.6. The molecule has 2 atom stereocenters. The van der Waals surface area contributed by atoms with Crippen molar-refractivity contribution < 1.29 is 9.53 Å². The highest BCUT2D eigenvalue weighted by Gasteiger charge is 2.33. The van der Waals surface area contributed by atoms with Crippen LogP contribution in [0.25, 0.3) is 0 Å². The SMILES string of the molecule is CC1CCc2ncnc(N3CCN(C(=O)[C@H](CNC4CCOCC4)c4ccc(Br)s4)CC3)c21. The number of aromatic nitrogens is 2. The van der Waals surface area contributed by atoms with Gasteiger partial charge >= 0.3 is 0 Å². The van der Waals surface area contributed by atoms with Crippen LogP contribution in [0.15, 0.2) is 22.2 Å². The maximum absolute atomic E-state index is 13.7. The number of fused-ring (bicyclic) bond motifs is 1. The molecule has 2 saturated heterocycles. The van der Waals surface area contributed by atoms with Gasteiger partial charge in [0, 0.05) is 68.1 Å². The number of thiophene rings is 1. The molecule has 2 aromatic heterocycles. The highest BCUT2D eigenvalue weighted by molar-refractivity contribution is 9.11. The van der Waals surface area contributed by atoms with E-state index >= 15 is 0 Å². The number of nitrogens with zero attached hydrogens (tertiary/aromatic N) is 4. The first-order valence-electron chi connectivity index (χ1n) is 12.0. The Balaban J connectivity index is 1.25. The maximum Gasteiger partial charge on any atom is 0.232 e. The number of rotatable bonds is 6. The van der Waals surface area contributed by atoms with E-state index in [9.17, 15) is 4.79 Å². The molecular formula is C24H32BrN5O2S. The van der Waals surface area contributed by atoms with E-state index in [1.54, 1.807) is 17.7 Å². The van der Waals surface area contributed by atoms with E-state index in [0.29, 0.717) is 18.5 Å². The molecule has 2 aliphatic heterocycles. The van der Waals surface area contributed by atoms with Crippen LogP contribution in [0.2, 0.25) is 0 Å². The van der Waals surface area contributed by atoms with Crippen LogP contribution in [0.4, 0.5) is 5.82 Å². The van der Waals surface area contributed by atoms with Gasteiger partial charge in [0.05, 0.1) is 9.70 Å². The molecule has 3 aliphatic rings. The lowest BCUT2D eigenvalue weighted by Gasteiger charge is -2.38.